The summed E-state index contributed by atoms with van der Waals surface area (Å²) in [6.45, 7) is 0.767. The average Bonchev–Trinajstić information content (AvgIpc) is 3.22. The molecule has 0 N–H and O–H groups in total. The molecule has 1 atom stereocenters. The molecule has 3 heterocycles. The molecule has 23 heavy (non-hydrogen) atoms. The van der Waals surface area contributed by atoms with Crippen molar-refractivity contribution in [1.82, 2.24) is 19.7 Å². The van der Waals surface area contributed by atoms with Crippen molar-refractivity contribution in [3.8, 4) is 0 Å². The predicted molar refractivity (Wildman–Crippen MR) is 88.0 cm³/mol. The lowest BCUT2D eigenvalue weighted by atomic mass is 10.1. The number of pyridine rings is 1. The molecule has 3 aromatic rings. The van der Waals surface area contributed by atoms with E-state index in [1.165, 1.54) is 0 Å². The number of hydrogen-bond donors (Lipinski definition) is 0. The van der Waals surface area contributed by atoms with Crippen LogP contribution in [0.15, 0.2) is 48.9 Å². The summed E-state index contributed by atoms with van der Waals surface area (Å²) in [6, 6.07) is 9.93. The minimum absolute atomic E-state index is 0.00755. The summed E-state index contributed by atoms with van der Waals surface area (Å²) in [4.78, 5) is 19.4. The molecular weight excluding hydrogens is 288 g/mol. The van der Waals surface area contributed by atoms with Gasteiger partial charge in [-0.1, -0.05) is 24.3 Å². The third kappa shape index (κ3) is 2.38. The van der Waals surface area contributed by atoms with Crippen LogP contribution in [-0.4, -0.2) is 32.1 Å². The van der Waals surface area contributed by atoms with E-state index in [1.54, 1.807) is 10.9 Å². The lowest BCUT2D eigenvalue weighted by molar-refractivity contribution is 0.0732. The van der Waals surface area contributed by atoms with Crippen LogP contribution in [0.5, 0.6) is 0 Å². The van der Waals surface area contributed by atoms with Crippen molar-refractivity contribution in [2.75, 3.05) is 6.54 Å². The molecule has 1 fully saturated rings. The zero-order valence-corrected chi connectivity index (χ0v) is 13.0. The number of likely N-dealkylation sites (tertiary alicyclic amines) is 1. The quantitative estimate of drug-likeness (QED) is 0.731. The fourth-order valence-electron chi connectivity index (χ4n) is 3.39. The molecular formula is C18H18N4O. The van der Waals surface area contributed by atoms with Crippen molar-refractivity contribution in [2.24, 2.45) is 7.05 Å². The van der Waals surface area contributed by atoms with E-state index in [4.69, 9.17) is 0 Å². The Morgan fingerprint density at radius 3 is 2.96 bits per heavy atom. The summed E-state index contributed by atoms with van der Waals surface area (Å²) in [5.41, 5.74) is 1.64. The number of aryl methyl sites for hydroxylation is 1. The second kappa shape index (κ2) is 5.50. The molecule has 1 amide bonds. The molecule has 0 unspecified atom stereocenters. The number of carbonyl (C=O) groups excluding carboxylic acids is 1. The minimum atomic E-state index is 0.00755. The van der Waals surface area contributed by atoms with Crippen LogP contribution >= 0.6 is 0 Å². The zero-order valence-electron chi connectivity index (χ0n) is 13.0. The molecule has 0 radical (unpaired) electrons. The highest BCUT2D eigenvalue weighted by molar-refractivity contribution is 6.05. The van der Waals surface area contributed by atoms with Crippen LogP contribution in [0.1, 0.15) is 34.9 Å². The van der Waals surface area contributed by atoms with Gasteiger partial charge in [0.15, 0.2) is 0 Å². The standard InChI is InChI=1S/C18H18N4O/c1-21-12-14(11-20-21)16-7-4-10-22(16)18(23)17-15-6-3-2-5-13(15)8-9-19-17/h2-3,5-6,8-9,11-12,16H,4,7,10H2,1H3/t16-/m0/s1. The van der Waals surface area contributed by atoms with Gasteiger partial charge in [-0.3, -0.25) is 14.5 Å². The van der Waals surface area contributed by atoms with Crippen molar-refractivity contribution < 1.29 is 4.79 Å². The van der Waals surface area contributed by atoms with Crippen molar-refractivity contribution in [3.05, 3.63) is 60.2 Å². The summed E-state index contributed by atoms with van der Waals surface area (Å²) < 4.78 is 1.78. The molecule has 5 nitrogen and oxygen atoms in total. The van der Waals surface area contributed by atoms with Crippen LogP contribution in [0.2, 0.25) is 0 Å². The first-order valence-electron chi connectivity index (χ1n) is 7.87. The van der Waals surface area contributed by atoms with Crippen molar-refractivity contribution in [3.63, 3.8) is 0 Å². The number of amides is 1. The highest BCUT2D eigenvalue weighted by Crippen LogP contribution is 2.33. The number of hydrogen-bond acceptors (Lipinski definition) is 3. The highest BCUT2D eigenvalue weighted by atomic mass is 16.2. The summed E-state index contributed by atoms with van der Waals surface area (Å²) in [5.74, 6) is 0.00755. The van der Waals surface area contributed by atoms with Crippen molar-refractivity contribution >= 4 is 16.7 Å². The van der Waals surface area contributed by atoms with Crippen molar-refractivity contribution in [1.29, 1.82) is 0 Å². The Labute approximate surface area is 134 Å². The van der Waals surface area contributed by atoms with E-state index in [2.05, 4.69) is 10.1 Å². The van der Waals surface area contributed by atoms with Crippen LogP contribution in [0.4, 0.5) is 0 Å². The maximum atomic E-state index is 13.1. The van der Waals surface area contributed by atoms with E-state index < -0.39 is 0 Å². The topological polar surface area (TPSA) is 51.0 Å². The molecule has 0 bridgehead atoms. The largest absolute Gasteiger partial charge is 0.330 e. The van der Waals surface area contributed by atoms with Crippen molar-refractivity contribution in [2.45, 2.75) is 18.9 Å². The predicted octanol–water partition coefficient (Wildman–Crippen LogP) is 2.95. The van der Waals surface area contributed by atoms with Crippen LogP contribution in [-0.2, 0) is 7.05 Å². The van der Waals surface area contributed by atoms with E-state index >= 15 is 0 Å². The second-order valence-corrected chi connectivity index (χ2v) is 5.98. The molecule has 2 aromatic heterocycles. The molecule has 1 aromatic carbocycles. The molecule has 0 spiro atoms. The third-order valence-corrected chi connectivity index (χ3v) is 4.50. The van der Waals surface area contributed by atoms with Gasteiger partial charge in [0.2, 0.25) is 0 Å². The van der Waals surface area contributed by atoms with E-state index in [-0.39, 0.29) is 11.9 Å². The van der Waals surface area contributed by atoms with Crippen LogP contribution in [0.3, 0.4) is 0 Å². The Morgan fingerprint density at radius 2 is 2.13 bits per heavy atom. The van der Waals surface area contributed by atoms with Crippen LogP contribution in [0.25, 0.3) is 10.8 Å². The Morgan fingerprint density at radius 1 is 1.26 bits per heavy atom. The van der Waals surface area contributed by atoms with E-state index in [9.17, 15) is 4.79 Å². The van der Waals surface area contributed by atoms with E-state index in [1.807, 2.05) is 54.7 Å². The van der Waals surface area contributed by atoms with Gasteiger partial charge in [-0.2, -0.15) is 5.10 Å². The summed E-state index contributed by atoms with van der Waals surface area (Å²) in [5, 5.41) is 6.20. The normalized spacial score (nSPS) is 17.8. The SMILES string of the molecule is Cn1cc([C@@H]2CCCN2C(=O)c2nccc3ccccc23)cn1. The number of benzene rings is 1. The fraction of sp³-hybridized carbons (Fsp3) is 0.278. The maximum Gasteiger partial charge on any atom is 0.273 e. The Hall–Kier alpha value is -2.69. The molecule has 116 valence electrons. The first kappa shape index (κ1) is 13.9. The molecule has 1 aliphatic rings. The fourth-order valence-corrected chi connectivity index (χ4v) is 3.39. The summed E-state index contributed by atoms with van der Waals surface area (Å²) in [6.07, 6.45) is 7.54. The van der Waals surface area contributed by atoms with Crippen LogP contribution < -0.4 is 0 Å². The van der Waals surface area contributed by atoms with Gasteiger partial charge in [0.1, 0.15) is 5.69 Å². The lowest BCUT2D eigenvalue weighted by Crippen LogP contribution is -2.31. The number of rotatable bonds is 2. The van der Waals surface area contributed by atoms with Gasteiger partial charge in [0.05, 0.1) is 12.2 Å². The van der Waals surface area contributed by atoms with Gasteiger partial charge in [-0.15, -0.1) is 0 Å². The van der Waals surface area contributed by atoms with Gasteiger partial charge in [-0.05, 0) is 24.3 Å². The average molecular weight is 306 g/mol. The zero-order chi connectivity index (χ0) is 15.8. The lowest BCUT2D eigenvalue weighted by Gasteiger charge is -2.24. The van der Waals surface area contributed by atoms with Gasteiger partial charge in [0, 0.05) is 36.9 Å². The van der Waals surface area contributed by atoms with Gasteiger partial charge in [0.25, 0.3) is 5.91 Å². The monoisotopic (exact) mass is 306 g/mol. The van der Waals surface area contributed by atoms with Gasteiger partial charge in [-0.25, -0.2) is 0 Å². The second-order valence-electron chi connectivity index (χ2n) is 5.98. The number of fused-ring (bicyclic) bond motifs is 1. The summed E-state index contributed by atoms with van der Waals surface area (Å²) in [7, 11) is 1.90. The Balaban J connectivity index is 1.72. The molecule has 1 aliphatic heterocycles. The number of nitrogens with zero attached hydrogens (tertiary/aromatic N) is 4. The van der Waals surface area contributed by atoms with Gasteiger partial charge < -0.3 is 4.90 Å². The van der Waals surface area contributed by atoms with Gasteiger partial charge >= 0.3 is 0 Å². The van der Waals surface area contributed by atoms with E-state index in [0.717, 1.165) is 35.7 Å². The third-order valence-electron chi connectivity index (χ3n) is 4.50. The van der Waals surface area contributed by atoms with Crippen LogP contribution in [0, 0.1) is 0 Å². The number of aromatic nitrogens is 3. The summed E-state index contributed by atoms with van der Waals surface area (Å²) >= 11 is 0. The maximum absolute atomic E-state index is 13.1. The number of carbonyl (C=O) groups is 1. The Bertz CT molecular complexity index is 865. The highest BCUT2D eigenvalue weighted by Gasteiger charge is 2.32. The molecule has 0 aliphatic carbocycles. The first-order valence-corrected chi connectivity index (χ1v) is 7.87. The minimum Gasteiger partial charge on any atom is -0.330 e. The first-order chi connectivity index (χ1) is 11.2. The molecule has 0 saturated carbocycles. The Kier molecular flexibility index (Phi) is 3.33. The smallest absolute Gasteiger partial charge is 0.273 e. The molecule has 1 saturated heterocycles. The van der Waals surface area contributed by atoms with E-state index in [0.29, 0.717) is 5.69 Å². The molecule has 4 rings (SSSR count). The molecule has 5 heteroatoms.